The van der Waals surface area contributed by atoms with E-state index in [2.05, 4.69) is 18.2 Å². The van der Waals surface area contributed by atoms with Crippen molar-refractivity contribution in [2.45, 2.75) is 25.9 Å². The van der Waals surface area contributed by atoms with E-state index in [-0.39, 0.29) is 12.3 Å². The highest BCUT2D eigenvalue weighted by atomic mass is 16.3. The Morgan fingerprint density at radius 3 is 2.76 bits per heavy atom. The first-order valence-electron chi connectivity index (χ1n) is 7.28. The molecule has 1 amide bonds. The van der Waals surface area contributed by atoms with E-state index in [1.54, 1.807) is 4.90 Å². The lowest BCUT2D eigenvalue weighted by molar-refractivity contribution is -0.120. The maximum absolute atomic E-state index is 12.5. The van der Waals surface area contributed by atoms with Crippen LogP contribution in [0.2, 0.25) is 0 Å². The number of aryl methyl sites for hydroxylation is 1. The summed E-state index contributed by atoms with van der Waals surface area (Å²) in [6.45, 7) is 2.74. The minimum atomic E-state index is -0.743. The third-order valence-corrected chi connectivity index (χ3v) is 3.99. The molecule has 0 aromatic heterocycles. The summed E-state index contributed by atoms with van der Waals surface area (Å²) in [4.78, 5) is 14.3. The average molecular weight is 281 g/mol. The molecule has 1 heterocycles. The Balaban J connectivity index is 1.75. The second kappa shape index (κ2) is 5.70. The van der Waals surface area contributed by atoms with Crippen LogP contribution in [0.3, 0.4) is 0 Å². The van der Waals surface area contributed by atoms with Gasteiger partial charge in [-0.1, -0.05) is 42.5 Å². The Bertz CT molecular complexity index is 652. The van der Waals surface area contributed by atoms with Crippen LogP contribution >= 0.6 is 0 Å². The van der Waals surface area contributed by atoms with Gasteiger partial charge in [0, 0.05) is 12.2 Å². The Kier molecular flexibility index (Phi) is 3.76. The maximum atomic E-state index is 12.5. The maximum Gasteiger partial charge on any atom is 0.229 e. The lowest BCUT2D eigenvalue weighted by Crippen LogP contribution is -2.30. The molecule has 2 aromatic carbocycles. The molecule has 0 saturated heterocycles. The largest absolute Gasteiger partial charge is 0.388 e. The number of hydrogen-bond donors (Lipinski definition) is 1. The summed E-state index contributed by atoms with van der Waals surface area (Å²) in [7, 11) is 0. The van der Waals surface area contributed by atoms with Crippen LogP contribution in [0.5, 0.6) is 0 Å². The number of benzene rings is 2. The quantitative estimate of drug-likeness (QED) is 0.939. The number of carbonyl (C=O) groups is 1. The number of amides is 1. The summed E-state index contributed by atoms with van der Waals surface area (Å²) < 4.78 is 0. The Morgan fingerprint density at radius 2 is 2.00 bits per heavy atom. The molecule has 2 aromatic rings. The lowest BCUT2D eigenvalue weighted by atomic mass is 10.1. The molecule has 1 aliphatic rings. The van der Waals surface area contributed by atoms with E-state index in [4.69, 9.17) is 0 Å². The summed E-state index contributed by atoms with van der Waals surface area (Å²) in [6, 6.07) is 15.6. The van der Waals surface area contributed by atoms with Crippen molar-refractivity contribution in [3.63, 3.8) is 0 Å². The standard InChI is InChI=1S/C18H19NO2/c1-13-7-8-14-9-10-19(16(14)11-13)18(21)12-17(20)15-5-3-2-4-6-15/h2-8,11,17,20H,9-10,12H2,1H3. The molecule has 1 aliphatic heterocycles. The first kappa shape index (κ1) is 13.8. The number of hydrogen-bond acceptors (Lipinski definition) is 2. The molecule has 0 aliphatic carbocycles. The van der Waals surface area contributed by atoms with Gasteiger partial charge in [0.2, 0.25) is 5.91 Å². The van der Waals surface area contributed by atoms with E-state index in [1.165, 1.54) is 5.56 Å². The van der Waals surface area contributed by atoms with E-state index in [0.29, 0.717) is 6.54 Å². The van der Waals surface area contributed by atoms with Gasteiger partial charge >= 0.3 is 0 Å². The van der Waals surface area contributed by atoms with Crippen LogP contribution in [0.1, 0.15) is 29.2 Å². The van der Waals surface area contributed by atoms with Gasteiger partial charge in [0.05, 0.1) is 12.5 Å². The molecule has 0 spiro atoms. The van der Waals surface area contributed by atoms with Crippen LogP contribution < -0.4 is 4.90 Å². The van der Waals surface area contributed by atoms with Crippen LogP contribution in [-0.2, 0) is 11.2 Å². The minimum Gasteiger partial charge on any atom is -0.388 e. The van der Waals surface area contributed by atoms with E-state index >= 15 is 0 Å². The zero-order chi connectivity index (χ0) is 14.8. The van der Waals surface area contributed by atoms with Crippen molar-refractivity contribution < 1.29 is 9.90 Å². The van der Waals surface area contributed by atoms with Gasteiger partial charge in [-0.05, 0) is 36.1 Å². The molecule has 108 valence electrons. The van der Waals surface area contributed by atoms with E-state index in [9.17, 15) is 9.90 Å². The molecule has 3 rings (SSSR count). The summed E-state index contributed by atoms with van der Waals surface area (Å²) in [5, 5.41) is 10.2. The number of carbonyl (C=O) groups excluding carboxylic acids is 1. The third-order valence-electron chi connectivity index (χ3n) is 3.99. The molecule has 1 N–H and O–H groups in total. The highest BCUT2D eigenvalue weighted by Crippen LogP contribution is 2.30. The molecule has 1 unspecified atom stereocenters. The molecular formula is C18H19NO2. The zero-order valence-electron chi connectivity index (χ0n) is 12.1. The van der Waals surface area contributed by atoms with Gasteiger partial charge in [0.25, 0.3) is 0 Å². The fourth-order valence-electron chi connectivity index (χ4n) is 2.82. The number of fused-ring (bicyclic) bond motifs is 1. The monoisotopic (exact) mass is 281 g/mol. The number of nitrogens with zero attached hydrogens (tertiary/aromatic N) is 1. The molecule has 3 heteroatoms. The third kappa shape index (κ3) is 2.83. The zero-order valence-corrected chi connectivity index (χ0v) is 12.1. The van der Waals surface area contributed by atoms with Crippen molar-refractivity contribution in [1.82, 2.24) is 0 Å². The number of anilines is 1. The van der Waals surface area contributed by atoms with Crippen LogP contribution in [0, 0.1) is 6.92 Å². The predicted molar refractivity (Wildman–Crippen MR) is 83.3 cm³/mol. The van der Waals surface area contributed by atoms with Gasteiger partial charge in [-0.3, -0.25) is 4.79 Å². The molecule has 21 heavy (non-hydrogen) atoms. The Labute approximate surface area is 124 Å². The van der Waals surface area contributed by atoms with Crippen LogP contribution in [0.4, 0.5) is 5.69 Å². The lowest BCUT2D eigenvalue weighted by Gasteiger charge is -2.20. The highest BCUT2D eigenvalue weighted by molar-refractivity contribution is 5.95. The first-order valence-corrected chi connectivity index (χ1v) is 7.28. The SMILES string of the molecule is Cc1ccc2c(c1)N(C(=O)CC(O)c1ccccc1)CC2. The van der Waals surface area contributed by atoms with E-state index in [1.807, 2.05) is 37.3 Å². The van der Waals surface area contributed by atoms with Gasteiger partial charge in [-0.2, -0.15) is 0 Å². The second-order valence-electron chi connectivity index (χ2n) is 5.56. The second-order valence-corrected chi connectivity index (χ2v) is 5.56. The topological polar surface area (TPSA) is 40.5 Å². The number of aliphatic hydroxyl groups excluding tert-OH is 1. The van der Waals surface area contributed by atoms with Crippen molar-refractivity contribution in [2.75, 3.05) is 11.4 Å². The van der Waals surface area contributed by atoms with Crippen LogP contribution in [0.15, 0.2) is 48.5 Å². The van der Waals surface area contributed by atoms with Crippen LogP contribution in [0.25, 0.3) is 0 Å². The summed E-state index contributed by atoms with van der Waals surface area (Å²) in [5.74, 6) is -0.0179. The molecule has 1 atom stereocenters. The van der Waals surface area contributed by atoms with Crippen molar-refractivity contribution in [1.29, 1.82) is 0 Å². The van der Waals surface area contributed by atoms with Crippen LogP contribution in [-0.4, -0.2) is 17.6 Å². The van der Waals surface area contributed by atoms with Crippen molar-refractivity contribution >= 4 is 11.6 Å². The van der Waals surface area contributed by atoms with Gasteiger partial charge in [0.1, 0.15) is 0 Å². The summed E-state index contributed by atoms with van der Waals surface area (Å²) in [6.07, 6.45) is 0.271. The first-order chi connectivity index (χ1) is 10.1. The molecule has 0 bridgehead atoms. The van der Waals surface area contributed by atoms with Gasteiger partial charge in [-0.15, -0.1) is 0 Å². The Morgan fingerprint density at radius 1 is 1.24 bits per heavy atom. The van der Waals surface area contributed by atoms with E-state index < -0.39 is 6.10 Å². The smallest absolute Gasteiger partial charge is 0.229 e. The minimum absolute atomic E-state index is 0.0179. The highest BCUT2D eigenvalue weighted by Gasteiger charge is 2.26. The summed E-state index contributed by atoms with van der Waals surface area (Å²) in [5.41, 5.74) is 4.15. The molecule has 0 fully saturated rings. The normalized spacial score (nSPS) is 14.9. The fraction of sp³-hybridized carbons (Fsp3) is 0.278. The molecular weight excluding hydrogens is 262 g/mol. The van der Waals surface area contributed by atoms with Gasteiger partial charge in [0.15, 0.2) is 0 Å². The molecule has 0 radical (unpaired) electrons. The summed E-state index contributed by atoms with van der Waals surface area (Å²) >= 11 is 0. The average Bonchev–Trinajstić information content (AvgIpc) is 2.91. The molecule has 0 saturated carbocycles. The van der Waals surface area contributed by atoms with Gasteiger partial charge < -0.3 is 10.0 Å². The van der Waals surface area contributed by atoms with E-state index in [0.717, 1.165) is 23.2 Å². The van der Waals surface area contributed by atoms with Gasteiger partial charge in [-0.25, -0.2) is 0 Å². The molecule has 3 nitrogen and oxygen atoms in total. The number of aliphatic hydroxyl groups is 1. The predicted octanol–water partition coefficient (Wildman–Crippen LogP) is 3.01. The fourth-order valence-corrected chi connectivity index (χ4v) is 2.82. The van der Waals surface area contributed by atoms with Crippen molar-refractivity contribution in [3.8, 4) is 0 Å². The van der Waals surface area contributed by atoms with Crippen molar-refractivity contribution in [3.05, 3.63) is 65.2 Å². The number of rotatable bonds is 3. The Hall–Kier alpha value is -2.13. The van der Waals surface area contributed by atoms with Crippen molar-refractivity contribution in [2.24, 2.45) is 0 Å².